The number of alkyl carbamates (subject to hydrolysis) is 1. The zero-order valence-corrected chi connectivity index (χ0v) is 10.6. The summed E-state index contributed by atoms with van der Waals surface area (Å²) in [6.07, 6.45) is -5.50. The third-order valence-electron chi connectivity index (χ3n) is 2.67. The van der Waals surface area contributed by atoms with Crippen molar-refractivity contribution in [1.29, 1.82) is 0 Å². The lowest BCUT2D eigenvalue weighted by Gasteiger charge is -2.39. The number of hydrogen-bond acceptors (Lipinski definition) is 7. The van der Waals surface area contributed by atoms with Crippen molar-refractivity contribution in [3.8, 4) is 0 Å². The maximum Gasteiger partial charge on any atom is 0.407 e. The third kappa shape index (κ3) is 4.15. The Morgan fingerprint density at radius 1 is 1.37 bits per heavy atom. The van der Waals surface area contributed by atoms with E-state index in [4.69, 9.17) is 14.2 Å². The first-order chi connectivity index (χ1) is 9.01. The number of hydrogen-bond donors (Lipinski definition) is 4. The van der Waals surface area contributed by atoms with Crippen LogP contribution in [0.25, 0.3) is 0 Å². The first-order valence-corrected chi connectivity index (χ1v) is 5.75. The summed E-state index contributed by atoms with van der Waals surface area (Å²) < 4.78 is 14.8. The lowest BCUT2D eigenvalue weighted by Crippen LogP contribution is -2.59. The zero-order chi connectivity index (χ0) is 14.4. The van der Waals surface area contributed by atoms with Gasteiger partial charge < -0.3 is 34.8 Å². The van der Waals surface area contributed by atoms with Gasteiger partial charge in [0.1, 0.15) is 31.0 Å². The molecule has 0 unspecified atom stereocenters. The van der Waals surface area contributed by atoms with Crippen LogP contribution in [0.3, 0.4) is 0 Å². The molecule has 1 heterocycles. The summed E-state index contributed by atoms with van der Waals surface area (Å²) in [5.74, 6) is 0. The molecule has 0 bridgehead atoms. The van der Waals surface area contributed by atoms with E-state index < -0.39 is 36.8 Å². The van der Waals surface area contributed by atoms with Gasteiger partial charge >= 0.3 is 6.09 Å². The molecule has 1 aliphatic rings. The van der Waals surface area contributed by atoms with E-state index in [-0.39, 0.29) is 13.2 Å². The highest BCUT2D eigenvalue weighted by Gasteiger charge is 2.44. The number of aliphatic hydroxyl groups excluding tert-OH is 3. The Morgan fingerprint density at radius 3 is 2.63 bits per heavy atom. The molecule has 0 aromatic rings. The summed E-state index contributed by atoms with van der Waals surface area (Å²) in [5.41, 5.74) is 0. The topological polar surface area (TPSA) is 117 Å². The van der Waals surface area contributed by atoms with Gasteiger partial charge in [-0.05, 0) is 0 Å². The summed E-state index contributed by atoms with van der Waals surface area (Å²) in [7, 11) is 1.28. The second-order valence-corrected chi connectivity index (χ2v) is 4.02. The van der Waals surface area contributed by atoms with Crippen LogP contribution in [-0.2, 0) is 14.2 Å². The van der Waals surface area contributed by atoms with Crippen LogP contribution in [0.15, 0.2) is 12.7 Å². The molecule has 19 heavy (non-hydrogen) atoms. The van der Waals surface area contributed by atoms with E-state index in [9.17, 15) is 20.1 Å². The number of carbonyl (C=O) groups excluding carboxylic acids is 1. The Labute approximate surface area is 110 Å². The smallest absolute Gasteiger partial charge is 0.407 e. The Balaban J connectivity index is 2.48. The van der Waals surface area contributed by atoms with E-state index in [1.165, 1.54) is 13.2 Å². The number of nitrogens with one attached hydrogen (secondary N) is 1. The van der Waals surface area contributed by atoms with Gasteiger partial charge in [-0.15, -0.1) is 6.58 Å². The normalized spacial score (nSPS) is 34.6. The molecule has 8 nitrogen and oxygen atoms in total. The van der Waals surface area contributed by atoms with Crippen LogP contribution in [0.5, 0.6) is 0 Å². The van der Waals surface area contributed by atoms with Crippen molar-refractivity contribution in [3.63, 3.8) is 0 Å². The van der Waals surface area contributed by atoms with Crippen molar-refractivity contribution in [2.24, 2.45) is 0 Å². The maximum atomic E-state index is 11.2. The molecule has 8 heteroatoms. The second kappa shape index (κ2) is 7.41. The van der Waals surface area contributed by atoms with Gasteiger partial charge in [-0.3, -0.25) is 0 Å². The predicted octanol–water partition coefficient (Wildman–Crippen LogP) is -1.65. The fourth-order valence-corrected chi connectivity index (χ4v) is 1.61. The van der Waals surface area contributed by atoms with E-state index in [0.29, 0.717) is 0 Å². The predicted molar refractivity (Wildman–Crippen MR) is 63.2 cm³/mol. The van der Waals surface area contributed by atoms with E-state index in [2.05, 4.69) is 11.9 Å². The summed E-state index contributed by atoms with van der Waals surface area (Å²) in [5, 5.41) is 31.2. The van der Waals surface area contributed by atoms with Gasteiger partial charge in [0.05, 0.1) is 0 Å². The van der Waals surface area contributed by atoms with Crippen LogP contribution < -0.4 is 5.32 Å². The number of ether oxygens (including phenoxy) is 3. The first kappa shape index (κ1) is 15.9. The monoisotopic (exact) mass is 277 g/mol. The molecular weight excluding hydrogens is 258 g/mol. The number of aliphatic hydroxyl groups is 3. The van der Waals surface area contributed by atoms with Gasteiger partial charge in [0.2, 0.25) is 0 Å². The summed E-state index contributed by atoms with van der Waals surface area (Å²) >= 11 is 0. The van der Waals surface area contributed by atoms with Crippen LogP contribution in [0.2, 0.25) is 0 Å². The minimum absolute atomic E-state index is 0.245. The van der Waals surface area contributed by atoms with Crippen molar-refractivity contribution in [1.82, 2.24) is 5.32 Å². The Kier molecular flexibility index (Phi) is 6.19. The Bertz CT molecular complexity index is 309. The highest BCUT2D eigenvalue weighted by molar-refractivity contribution is 5.67. The summed E-state index contributed by atoms with van der Waals surface area (Å²) in [4.78, 5) is 11.2. The maximum absolute atomic E-state index is 11.2. The number of carbonyl (C=O) groups is 1. The van der Waals surface area contributed by atoms with Crippen LogP contribution in [0, 0.1) is 0 Å². The molecule has 0 aromatic heterocycles. The van der Waals surface area contributed by atoms with Crippen molar-refractivity contribution in [2.75, 3.05) is 20.3 Å². The molecule has 0 saturated carbocycles. The van der Waals surface area contributed by atoms with Crippen LogP contribution in [0.4, 0.5) is 4.79 Å². The van der Waals surface area contributed by atoms with Gasteiger partial charge in [-0.1, -0.05) is 6.08 Å². The van der Waals surface area contributed by atoms with Crippen LogP contribution in [0.1, 0.15) is 0 Å². The molecular formula is C11H19NO7. The largest absolute Gasteiger partial charge is 0.447 e. The minimum atomic E-state index is -1.44. The lowest BCUT2D eigenvalue weighted by molar-refractivity contribution is -0.294. The molecule has 1 fully saturated rings. The average molecular weight is 277 g/mol. The van der Waals surface area contributed by atoms with E-state index >= 15 is 0 Å². The molecule has 110 valence electrons. The summed E-state index contributed by atoms with van der Waals surface area (Å²) in [6.45, 7) is 3.38. The first-order valence-electron chi connectivity index (χ1n) is 5.75. The number of rotatable bonds is 5. The van der Waals surface area contributed by atoms with E-state index in [1.54, 1.807) is 0 Å². The zero-order valence-electron chi connectivity index (χ0n) is 10.6. The van der Waals surface area contributed by atoms with Crippen LogP contribution >= 0.6 is 0 Å². The highest BCUT2D eigenvalue weighted by Crippen LogP contribution is 2.21. The molecule has 1 rings (SSSR count). The standard InChI is InChI=1S/C11H19NO7/c1-3-4-12-11(16)18-5-6-7(13)8(14)9(15)10(17-2)19-6/h3,6-10,13-15H,1,4-5H2,2H3,(H,12,16)/t6-,7-,8+,9-,10+/m1/s1. The molecule has 1 amide bonds. The molecule has 1 saturated heterocycles. The van der Waals surface area contributed by atoms with Crippen molar-refractivity contribution < 1.29 is 34.3 Å². The minimum Gasteiger partial charge on any atom is -0.447 e. The Hall–Kier alpha value is -1.19. The van der Waals surface area contributed by atoms with E-state index in [1.807, 2.05) is 0 Å². The molecule has 0 aromatic carbocycles. The van der Waals surface area contributed by atoms with Crippen molar-refractivity contribution >= 4 is 6.09 Å². The molecule has 0 spiro atoms. The van der Waals surface area contributed by atoms with Gasteiger partial charge in [-0.2, -0.15) is 0 Å². The SMILES string of the molecule is C=CCNC(=O)OC[C@H]1O[C@H](OC)[C@H](O)[C@@H](O)[C@@H]1O. The summed E-state index contributed by atoms with van der Waals surface area (Å²) in [6, 6.07) is 0. The van der Waals surface area contributed by atoms with Gasteiger partial charge in [-0.25, -0.2) is 4.79 Å². The van der Waals surface area contributed by atoms with Crippen molar-refractivity contribution in [2.45, 2.75) is 30.7 Å². The third-order valence-corrected chi connectivity index (χ3v) is 2.67. The highest BCUT2D eigenvalue weighted by atomic mass is 16.7. The van der Waals surface area contributed by atoms with Gasteiger partial charge in [0, 0.05) is 13.7 Å². The molecule has 0 radical (unpaired) electrons. The molecule has 4 N–H and O–H groups in total. The van der Waals surface area contributed by atoms with E-state index in [0.717, 1.165) is 0 Å². The quantitative estimate of drug-likeness (QED) is 0.445. The fourth-order valence-electron chi connectivity index (χ4n) is 1.61. The number of amides is 1. The molecule has 5 atom stereocenters. The number of methoxy groups -OCH3 is 1. The van der Waals surface area contributed by atoms with Gasteiger partial charge in [0.15, 0.2) is 6.29 Å². The Morgan fingerprint density at radius 2 is 2.05 bits per heavy atom. The second-order valence-electron chi connectivity index (χ2n) is 4.02. The van der Waals surface area contributed by atoms with Crippen LogP contribution in [-0.4, -0.2) is 72.4 Å². The fraction of sp³-hybridized carbons (Fsp3) is 0.727. The van der Waals surface area contributed by atoms with Gasteiger partial charge in [0.25, 0.3) is 0 Å². The molecule has 0 aliphatic carbocycles. The average Bonchev–Trinajstić information content (AvgIpc) is 2.41. The lowest BCUT2D eigenvalue weighted by atomic mass is 9.99. The van der Waals surface area contributed by atoms with Crippen molar-refractivity contribution in [3.05, 3.63) is 12.7 Å². The molecule has 1 aliphatic heterocycles.